The lowest BCUT2D eigenvalue weighted by atomic mass is 9.99. The molecule has 102 valence electrons. The minimum atomic E-state index is 0.106. The van der Waals surface area contributed by atoms with E-state index in [-0.39, 0.29) is 6.04 Å². The number of benzene rings is 1. The van der Waals surface area contributed by atoms with Crippen molar-refractivity contribution in [1.29, 1.82) is 0 Å². The van der Waals surface area contributed by atoms with Crippen molar-refractivity contribution in [2.75, 3.05) is 13.1 Å². The Morgan fingerprint density at radius 2 is 1.83 bits per heavy atom. The van der Waals surface area contributed by atoms with Crippen LogP contribution in [-0.4, -0.2) is 13.1 Å². The molecule has 1 aromatic rings. The highest BCUT2D eigenvalue weighted by Crippen LogP contribution is 2.12. The van der Waals surface area contributed by atoms with Crippen LogP contribution in [0.25, 0.3) is 0 Å². The van der Waals surface area contributed by atoms with Crippen molar-refractivity contribution < 1.29 is 0 Å². The molecule has 2 unspecified atom stereocenters. The second-order valence-electron chi connectivity index (χ2n) is 5.09. The van der Waals surface area contributed by atoms with E-state index in [1.54, 1.807) is 0 Å². The SMILES string of the molecule is CCCCC(CC)CNCC(N)c1ccccc1. The van der Waals surface area contributed by atoms with Gasteiger partial charge in [0.25, 0.3) is 0 Å². The summed E-state index contributed by atoms with van der Waals surface area (Å²) in [5.74, 6) is 0.799. The van der Waals surface area contributed by atoms with Crippen LogP contribution in [0.5, 0.6) is 0 Å². The van der Waals surface area contributed by atoms with Crippen LogP contribution < -0.4 is 11.1 Å². The molecule has 18 heavy (non-hydrogen) atoms. The predicted octanol–water partition coefficient (Wildman–Crippen LogP) is 3.49. The first-order valence-electron chi connectivity index (χ1n) is 7.29. The van der Waals surface area contributed by atoms with E-state index in [0.717, 1.165) is 19.0 Å². The monoisotopic (exact) mass is 248 g/mol. The maximum Gasteiger partial charge on any atom is 0.0421 e. The Morgan fingerprint density at radius 3 is 2.44 bits per heavy atom. The third-order valence-corrected chi connectivity index (χ3v) is 3.57. The van der Waals surface area contributed by atoms with E-state index in [1.165, 1.54) is 31.2 Å². The summed E-state index contributed by atoms with van der Waals surface area (Å²) in [7, 11) is 0. The normalized spacial score (nSPS) is 14.4. The van der Waals surface area contributed by atoms with Gasteiger partial charge in [0.1, 0.15) is 0 Å². The molecular formula is C16H28N2. The van der Waals surface area contributed by atoms with Crippen LogP contribution >= 0.6 is 0 Å². The lowest BCUT2D eigenvalue weighted by Gasteiger charge is -2.18. The molecule has 2 heteroatoms. The van der Waals surface area contributed by atoms with Crippen LogP contribution in [0, 0.1) is 5.92 Å². The molecule has 3 N–H and O–H groups in total. The fourth-order valence-electron chi connectivity index (χ4n) is 2.20. The van der Waals surface area contributed by atoms with Crippen molar-refractivity contribution in [3.63, 3.8) is 0 Å². The molecule has 0 saturated carbocycles. The van der Waals surface area contributed by atoms with Gasteiger partial charge in [-0.2, -0.15) is 0 Å². The van der Waals surface area contributed by atoms with Gasteiger partial charge < -0.3 is 11.1 Å². The third-order valence-electron chi connectivity index (χ3n) is 3.57. The van der Waals surface area contributed by atoms with Gasteiger partial charge in [0.15, 0.2) is 0 Å². The zero-order valence-electron chi connectivity index (χ0n) is 11.9. The maximum absolute atomic E-state index is 6.16. The molecule has 0 saturated heterocycles. The summed E-state index contributed by atoms with van der Waals surface area (Å²) in [5, 5.41) is 3.52. The molecule has 0 aliphatic rings. The van der Waals surface area contributed by atoms with Crippen molar-refractivity contribution in [3.8, 4) is 0 Å². The highest BCUT2D eigenvalue weighted by Gasteiger charge is 2.08. The number of unbranched alkanes of at least 4 members (excludes halogenated alkanes) is 1. The lowest BCUT2D eigenvalue weighted by Crippen LogP contribution is -2.30. The molecule has 0 aliphatic carbocycles. The molecule has 0 aromatic heterocycles. The summed E-state index contributed by atoms with van der Waals surface area (Å²) in [6.07, 6.45) is 5.22. The number of nitrogens with one attached hydrogen (secondary N) is 1. The van der Waals surface area contributed by atoms with Crippen molar-refractivity contribution in [1.82, 2.24) is 5.32 Å². The van der Waals surface area contributed by atoms with Crippen molar-refractivity contribution in [3.05, 3.63) is 35.9 Å². The second kappa shape index (κ2) is 9.12. The molecular weight excluding hydrogens is 220 g/mol. The van der Waals surface area contributed by atoms with E-state index in [0.29, 0.717) is 0 Å². The zero-order chi connectivity index (χ0) is 13.2. The Balaban J connectivity index is 2.24. The van der Waals surface area contributed by atoms with Crippen LogP contribution in [0.3, 0.4) is 0 Å². The Bertz CT molecular complexity index is 297. The average Bonchev–Trinajstić information content (AvgIpc) is 2.43. The van der Waals surface area contributed by atoms with Crippen LogP contribution in [0.2, 0.25) is 0 Å². The Hall–Kier alpha value is -0.860. The van der Waals surface area contributed by atoms with E-state index in [4.69, 9.17) is 5.73 Å². The molecule has 1 aromatic carbocycles. The topological polar surface area (TPSA) is 38.0 Å². The van der Waals surface area contributed by atoms with Gasteiger partial charge in [-0.05, 0) is 24.4 Å². The highest BCUT2D eigenvalue weighted by atomic mass is 14.9. The summed E-state index contributed by atoms with van der Waals surface area (Å²) in [5.41, 5.74) is 7.37. The van der Waals surface area contributed by atoms with Gasteiger partial charge in [-0.3, -0.25) is 0 Å². The number of rotatable bonds is 9. The molecule has 0 fully saturated rings. The van der Waals surface area contributed by atoms with Gasteiger partial charge in [-0.25, -0.2) is 0 Å². The van der Waals surface area contributed by atoms with Crippen molar-refractivity contribution in [2.24, 2.45) is 11.7 Å². The molecule has 0 heterocycles. The van der Waals surface area contributed by atoms with Crippen LogP contribution in [0.4, 0.5) is 0 Å². The van der Waals surface area contributed by atoms with Crippen molar-refractivity contribution in [2.45, 2.75) is 45.6 Å². The molecule has 0 bridgehead atoms. The highest BCUT2D eigenvalue weighted by molar-refractivity contribution is 5.18. The molecule has 0 aliphatic heterocycles. The molecule has 2 atom stereocenters. The van der Waals surface area contributed by atoms with Gasteiger partial charge >= 0.3 is 0 Å². The van der Waals surface area contributed by atoms with E-state index in [2.05, 4.69) is 31.3 Å². The minimum Gasteiger partial charge on any atom is -0.323 e. The molecule has 0 radical (unpaired) electrons. The fourth-order valence-corrected chi connectivity index (χ4v) is 2.20. The maximum atomic E-state index is 6.16. The second-order valence-corrected chi connectivity index (χ2v) is 5.09. The lowest BCUT2D eigenvalue weighted by molar-refractivity contribution is 0.413. The van der Waals surface area contributed by atoms with E-state index in [1.807, 2.05) is 18.2 Å². The molecule has 0 spiro atoms. The Morgan fingerprint density at radius 1 is 1.11 bits per heavy atom. The molecule has 1 rings (SSSR count). The van der Waals surface area contributed by atoms with Gasteiger partial charge in [0.2, 0.25) is 0 Å². The first-order chi connectivity index (χ1) is 8.77. The molecule has 2 nitrogen and oxygen atoms in total. The van der Waals surface area contributed by atoms with E-state index >= 15 is 0 Å². The van der Waals surface area contributed by atoms with Crippen LogP contribution in [-0.2, 0) is 0 Å². The van der Waals surface area contributed by atoms with Gasteiger partial charge in [0, 0.05) is 12.6 Å². The van der Waals surface area contributed by atoms with Gasteiger partial charge in [0.05, 0.1) is 0 Å². The summed E-state index contributed by atoms with van der Waals surface area (Å²) in [6.45, 7) is 6.49. The minimum absolute atomic E-state index is 0.106. The quantitative estimate of drug-likeness (QED) is 0.702. The largest absolute Gasteiger partial charge is 0.323 e. The smallest absolute Gasteiger partial charge is 0.0421 e. The summed E-state index contributed by atoms with van der Waals surface area (Å²) in [4.78, 5) is 0. The summed E-state index contributed by atoms with van der Waals surface area (Å²) in [6, 6.07) is 10.4. The van der Waals surface area contributed by atoms with Gasteiger partial charge in [-0.15, -0.1) is 0 Å². The summed E-state index contributed by atoms with van der Waals surface area (Å²) < 4.78 is 0. The predicted molar refractivity (Wildman–Crippen MR) is 79.5 cm³/mol. The number of nitrogens with two attached hydrogens (primary N) is 1. The Labute approximate surface area is 112 Å². The first kappa shape index (κ1) is 15.2. The standard InChI is InChI=1S/C16H28N2/c1-3-5-9-14(4-2)12-18-13-16(17)15-10-7-6-8-11-15/h6-8,10-11,14,16,18H,3-5,9,12-13,17H2,1-2H3. The summed E-state index contributed by atoms with van der Waals surface area (Å²) >= 11 is 0. The first-order valence-corrected chi connectivity index (χ1v) is 7.29. The Kier molecular flexibility index (Phi) is 7.70. The number of hydrogen-bond acceptors (Lipinski definition) is 2. The van der Waals surface area contributed by atoms with E-state index in [9.17, 15) is 0 Å². The van der Waals surface area contributed by atoms with Crippen LogP contribution in [0.1, 0.15) is 51.1 Å². The zero-order valence-corrected chi connectivity index (χ0v) is 11.9. The fraction of sp³-hybridized carbons (Fsp3) is 0.625. The van der Waals surface area contributed by atoms with Crippen molar-refractivity contribution >= 4 is 0 Å². The third kappa shape index (κ3) is 5.65. The number of hydrogen-bond donors (Lipinski definition) is 2. The van der Waals surface area contributed by atoms with Gasteiger partial charge in [-0.1, -0.05) is 63.4 Å². The average molecular weight is 248 g/mol. The molecule has 0 amide bonds. The van der Waals surface area contributed by atoms with E-state index < -0.39 is 0 Å². The van der Waals surface area contributed by atoms with Crippen LogP contribution in [0.15, 0.2) is 30.3 Å².